The van der Waals surface area contributed by atoms with Gasteiger partial charge in [0.05, 0.1) is 0 Å². The molecule has 0 aromatic heterocycles. The molecule has 0 nitrogen and oxygen atoms in total. The van der Waals surface area contributed by atoms with Gasteiger partial charge in [-0.3, -0.25) is 0 Å². The smallest absolute Gasteiger partial charge is 0 e. The Morgan fingerprint density at radius 2 is 2.00 bits per heavy atom. The van der Waals surface area contributed by atoms with Crippen molar-refractivity contribution in [3.8, 4) is 0 Å². The van der Waals surface area contributed by atoms with Crippen molar-refractivity contribution in [3.05, 3.63) is 0 Å². The van der Waals surface area contributed by atoms with Gasteiger partial charge in [-0.05, 0) is 0 Å². The Bertz CT molecular complexity index is 15.0. The van der Waals surface area contributed by atoms with Crippen molar-refractivity contribution in [1.82, 2.24) is 0 Å². The summed E-state index contributed by atoms with van der Waals surface area (Å²) in [6, 6.07) is 0. The Hall–Kier alpha value is 1.12. The minimum atomic E-state index is 0. The maximum absolute atomic E-state index is 2.21. The molecular weight excluding hydrogens is 110 g/mol. The molecule has 0 N–H and O–H groups in total. The molecule has 0 rings (SSSR count). The molecular formula is C4H9LiMn. The van der Waals surface area contributed by atoms with Crippen LogP contribution in [0.25, 0.3) is 0 Å². The van der Waals surface area contributed by atoms with Gasteiger partial charge in [0.25, 0.3) is 0 Å². The molecule has 0 aliphatic carbocycles. The third kappa shape index (κ3) is 8.93. The van der Waals surface area contributed by atoms with Gasteiger partial charge in [-0.2, -0.15) is 0 Å². The Morgan fingerprint density at radius 1 is 1.50 bits per heavy atom. The van der Waals surface area contributed by atoms with Gasteiger partial charge in [-0.25, -0.2) is 0 Å². The summed E-state index contributed by atoms with van der Waals surface area (Å²) >= 11 is 2.21. The van der Waals surface area contributed by atoms with E-state index in [0.717, 1.165) is 0 Å². The van der Waals surface area contributed by atoms with Crippen LogP contribution in [0.3, 0.4) is 0 Å². The third-order valence-electron chi connectivity index (χ3n) is 0.707. The van der Waals surface area contributed by atoms with E-state index in [1.807, 2.05) is 0 Å². The average Bonchev–Trinajstić information content (AvgIpc) is 1.41. The summed E-state index contributed by atoms with van der Waals surface area (Å²) < 4.78 is 0. The van der Waals surface area contributed by atoms with Crippen molar-refractivity contribution in [2.24, 2.45) is 0 Å². The Morgan fingerprint density at radius 3 is 2.00 bits per heavy atom. The number of hydrogen-bond donors (Lipinski definition) is 0. The molecule has 0 aliphatic heterocycles. The van der Waals surface area contributed by atoms with Crippen molar-refractivity contribution in [1.29, 1.82) is 0 Å². The average molecular weight is 119 g/mol. The second-order valence-corrected chi connectivity index (χ2v) is 1.35. The summed E-state index contributed by atoms with van der Waals surface area (Å²) in [6.07, 6.45) is 2.73. The molecule has 0 bridgehead atoms. The van der Waals surface area contributed by atoms with Crippen molar-refractivity contribution in [3.63, 3.8) is 0 Å². The van der Waals surface area contributed by atoms with E-state index in [0.29, 0.717) is 0 Å². The summed E-state index contributed by atoms with van der Waals surface area (Å²) in [6.45, 7) is 2.21. The van der Waals surface area contributed by atoms with E-state index < -0.39 is 0 Å². The summed E-state index contributed by atoms with van der Waals surface area (Å²) in [5.74, 6) is 0. The van der Waals surface area contributed by atoms with Gasteiger partial charge >= 0.3 is 42.6 Å². The van der Waals surface area contributed by atoms with Crippen LogP contribution in [-0.4, -0.2) is 17.7 Å². The minimum Gasteiger partial charge on any atom is 0 e. The summed E-state index contributed by atoms with van der Waals surface area (Å²) in [5.41, 5.74) is 0. The molecule has 0 fully saturated rings. The first-order valence-electron chi connectivity index (χ1n) is 2.41. The molecule has 0 saturated carbocycles. The molecule has 0 saturated heterocycles. The van der Waals surface area contributed by atoms with Gasteiger partial charge in [0.2, 0.25) is 0 Å². The molecule has 0 atom stereocenters. The van der Waals surface area contributed by atoms with Crippen LogP contribution in [0.5, 0.6) is 0 Å². The van der Waals surface area contributed by atoms with E-state index in [2.05, 4.69) is 24.6 Å². The first-order valence-corrected chi connectivity index (χ1v) is 2.41. The van der Waals surface area contributed by atoms with Crippen molar-refractivity contribution < 1.29 is 17.1 Å². The maximum atomic E-state index is 2.21. The van der Waals surface area contributed by atoms with E-state index in [4.69, 9.17) is 0 Å². The van der Waals surface area contributed by atoms with Crippen LogP contribution >= 0.6 is 0 Å². The van der Waals surface area contributed by atoms with Crippen molar-refractivity contribution in [2.75, 3.05) is 0 Å². The SMILES string of the molecule is [Li][CH2]CCC.[Mn]. The zero-order chi connectivity index (χ0) is 4.12. The predicted molar refractivity (Wildman–Crippen MR) is 25.5 cm³/mol. The van der Waals surface area contributed by atoms with E-state index in [9.17, 15) is 0 Å². The van der Waals surface area contributed by atoms with Crippen LogP contribution in [0.4, 0.5) is 0 Å². The molecule has 0 spiro atoms. The van der Waals surface area contributed by atoms with E-state index >= 15 is 0 Å². The second-order valence-electron chi connectivity index (χ2n) is 1.35. The fourth-order valence-corrected chi connectivity index (χ4v) is 0.354. The molecule has 0 aromatic rings. The molecule has 0 aromatic carbocycles. The van der Waals surface area contributed by atoms with Gasteiger partial charge in [0.1, 0.15) is 0 Å². The monoisotopic (exact) mass is 119 g/mol. The summed E-state index contributed by atoms with van der Waals surface area (Å²) in [4.78, 5) is 0. The van der Waals surface area contributed by atoms with Gasteiger partial charge in [0, 0.05) is 17.1 Å². The van der Waals surface area contributed by atoms with Crippen LogP contribution in [-0.2, 0) is 17.1 Å². The Labute approximate surface area is 59.8 Å². The summed E-state index contributed by atoms with van der Waals surface area (Å²) in [7, 11) is 0. The zero-order valence-corrected chi connectivity index (χ0v) is 5.68. The summed E-state index contributed by atoms with van der Waals surface area (Å²) in [5, 5.41) is 1.34. The Balaban J connectivity index is 0. The molecule has 0 amide bonds. The van der Waals surface area contributed by atoms with Gasteiger partial charge < -0.3 is 0 Å². The Kier molecular flexibility index (Phi) is 16.0. The first kappa shape index (κ1) is 10.2. The molecule has 1 radical (unpaired) electrons. The van der Waals surface area contributed by atoms with E-state index in [1.54, 1.807) is 0 Å². The van der Waals surface area contributed by atoms with Gasteiger partial charge in [-0.1, -0.05) is 0 Å². The topological polar surface area (TPSA) is 0 Å². The van der Waals surface area contributed by atoms with Crippen LogP contribution in [0.15, 0.2) is 0 Å². The molecule has 2 heteroatoms. The number of rotatable bonds is 2. The molecule has 0 unspecified atom stereocenters. The second kappa shape index (κ2) is 9.45. The van der Waals surface area contributed by atoms with E-state index in [1.165, 1.54) is 17.9 Å². The van der Waals surface area contributed by atoms with E-state index in [-0.39, 0.29) is 17.1 Å². The predicted octanol–water partition coefficient (Wildman–Crippen LogP) is 1.37. The van der Waals surface area contributed by atoms with Crippen molar-refractivity contribution in [2.45, 2.75) is 24.9 Å². The third-order valence-corrected chi connectivity index (χ3v) is 0.707. The molecule has 0 aliphatic rings. The van der Waals surface area contributed by atoms with Gasteiger partial charge in [-0.15, -0.1) is 0 Å². The van der Waals surface area contributed by atoms with Gasteiger partial charge in [0.15, 0.2) is 0 Å². The van der Waals surface area contributed by atoms with Crippen LogP contribution in [0.1, 0.15) is 19.8 Å². The maximum Gasteiger partial charge on any atom is 0 e. The number of hydrogen-bond acceptors (Lipinski definition) is 0. The molecule has 33 valence electrons. The fourth-order valence-electron chi connectivity index (χ4n) is 0.354. The molecule has 6 heavy (non-hydrogen) atoms. The fraction of sp³-hybridized carbons (Fsp3) is 1.00. The largest absolute Gasteiger partial charge is 0 e. The van der Waals surface area contributed by atoms with Crippen LogP contribution in [0, 0.1) is 0 Å². The first-order chi connectivity index (χ1) is 2.41. The minimum absolute atomic E-state index is 0. The standard InChI is InChI=1S/C4H9.Li.Mn/c1-3-4-2;;/h1,3-4H2,2H3;;. The van der Waals surface area contributed by atoms with Crippen LogP contribution in [0.2, 0.25) is 5.09 Å². The number of unbranched alkanes of at least 4 members (excludes halogenated alkanes) is 1. The molecule has 0 heterocycles. The normalized spacial score (nSPS) is 7.17. The van der Waals surface area contributed by atoms with Crippen molar-refractivity contribution >= 4 is 17.7 Å². The quantitative estimate of drug-likeness (QED) is 0.481. The van der Waals surface area contributed by atoms with Crippen LogP contribution < -0.4 is 0 Å². The zero-order valence-electron chi connectivity index (χ0n) is 4.50.